The van der Waals surface area contributed by atoms with E-state index >= 15 is 0 Å². The molecule has 2 aliphatic rings. The second kappa shape index (κ2) is 5.16. The molecule has 0 spiro atoms. The second-order valence-electron chi connectivity index (χ2n) is 6.18. The molecule has 0 aromatic rings. The van der Waals surface area contributed by atoms with Gasteiger partial charge in [0.25, 0.3) is 0 Å². The number of hydrogen-bond donors (Lipinski definition) is 1. The molecule has 1 heterocycles. The average molecular weight is 251 g/mol. The van der Waals surface area contributed by atoms with Crippen molar-refractivity contribution in [2.75, 3.05) is 26.3 Å². The van der Waals surface area contributed by atoms with Gasteiger partial charge in [0, 0.05) is 18.1 Å². The van der Waals surface area contributed by atoms with E-state index in [4.69, 9.17) is 4.74 Å². The molecule has 4 heteroatoms. The first-order chi connectivity index (χ1) is 8.53. The van der Waals surface area contributed by atoms with Crippen molar-refractivity contribution in [2.45, 2.75) is 57.2 Å². The third-order valence-corrected chi connectivity index (χ3v) is 4.37. The first-order valence-electron chi connectivity index (χ1n) is 7.04. The van der Waals surface area contributed by atoms with Crippen molar-refractivity contribution < 1.29 is 4.74 Å². The zero-order valence-electron chi connectivity index (χ0n) is 11.8. The molecule has 2 atom stereocenters. The number of nitrogens with zero attached hydrogens (tertiary/aromatic N) is 2. The minimum atomic E-state index is -0.298. The predicted molar refractivity (Wildman–Crippen MR) is 71.3 cm³/mol. The van der Waals surface area contributed by atoms with Crippen molar-refractivity contribution in [3.05, 3.63) is 0 Å². The number of rotatable bonds is 3. The van der Waals surface area contributed by atoms with E-state index < -0.39 is 0 Å². The summed E-state index contributed by atoms with van der Waals surface area (Å²) >= 11 is 0. The van der Waals surface area contributed by atoms with Crippen LogP contribution in [0.25, 0.3) is 0 Å². The van der Waals surface area contributed by atoms with Crippen molar-refractivity contribution in [3.8, 4) is 6.07 Å². The second-order valence-corrected chi connectivity index (χ2v) is 6.18. The summed E-state index contributed by atoms with van der Waals surface area (Å²) in [5.41, 5.74) is -0.200. The summed E-state index contributed by atoms with van der Waals surface area (Å²) in [5.74, 6) is 0. The molecular formula is C14H25N3O. The molecule has 1 saturated heterocycles. The smallest absolute Gasteiger partial charge is 0.108 e. The summed E-state index contributed by atoms with van der Waals surface area (Å²) in [6.07, 6.45) is 3.03. The Hall–Kier alpha value is -0.630. The van der Waals surface area contributed by atoms with Gasteiger partial charge in [-0.3, -0.25) is 10.2 Å². The molecular weight excluding hydrogens is 226 g/mol. The topological polar surface area (TPSA) is 48.3 Å². The number of hydrogen-bond acceptors (Lipinski definition) is 4. The number of morpholine rings is 1. The van der Waals surface area contributed by atoms with Crippen molar-refractivity contribution in [3.63, 3.8) is 0 Å². The largest absolute Gasteiger partial charge is 0.378 e. The van der Waals surface area contributed by atoms with Gasteiger partial charge in [0.1, 0.15) is 5.54 Å². The fraction of sp³-hybridized carbons (Fsp3) is 0.929. The van der Waals surface area contributed by atoms with Crippen molar-refractivity contribution in [1.29, 1.82) is 5.26 Å². The first kappa shape index (κ1) is 13.8. The van der Waals surface area contributed by atoms with Gasteiger partial charge in [0.2, 0.25) is 0 Å². The van der Waals surface area contributed by atoms with E-state index in [2.05, 4.69) is 37.1 Å². The molecule has 0 radical (unpaired) electrons. The molecule has 0 amide bonds. The Kier molecular flexibility index (Phi) is 3.96. The Labute approximate surface area is 110 Å². The molecule has 4 nitrogen and oxygen atoms in total. The molecule has 2 rings (SSSR count). The van der Waals surface area contributed by atoms with Crippen LogP contribution in [0.2, 0.25) is 0 Å². The summed E-state index contributed by atoms with van der Waals surface area (Å²) in [5, 5.41) is 12.8. The number of nitrogens with one attached hydrogen (secondary N) is 1. The summed E-state index contributed by atoms with van der Waals surface area (Å²) < 4.78 is 5.58. The maximum absolute atomic E-state index is 9.44. The lowest BCUT2D eigenvalue weighted by atomic mass is 9.96. The maximum Gasteiger partial charge on any atom is 0.108 e. The molecule has 1 N–H and O–H groups in total. The van der Waals surface area contributed by atoms with E-state index in [0.29, 0.717) is 6.04 Å². The van der Waals surface area contributed by atoms with Crippen LogP contribution in [0.4, 0.5) is 0 Å². The summed E-state index contributed by atoms with van der Waals surface area (Å²) in [6, 6.07) is 3.02. The highest BCUT2D eigenvalue weighted by molar-refractivity contribution is 5.14. The zero-order chi connectivity index (χ0) is 13.2. The minimum Gasteiger partial charge on any atom is -0.378 e. The van der Waals surface area contributed by atoms with Crippen LogP contribution in [0.15, 0.2) is 0 Å². The van der Waals surface area contributed by atoms with E-state index in [-0.39, 0.29) is 11.1 Å². The Morgan fingerprint density at radius 1 is 1.50 bits per heavy atom. The van der Waals surface area contributed by atoms with Crippen molar-refractivity contribution in [2.24, 2.45) is 0 Å². The average Bonchev–Trinajstić information content (AvgIpc) is 2.74. The molecule has 0 aromatic heterocycles. The highest BCUT2D eigenvalue weighted by atomic mass is 16.5. The molecule has 1 saturated carbocycles. The maximum atomic E-state index is 9.44. The van der Waals surface area contributed by atoms with E-state index in [1.807, 2.05) is 0 Å². The molecule has 0 bridgehead atoms. The minimum absolute atomic E-state index is 0.0979. The van der Waals surface area contributed by atoms with E-state index in [9.17, 15) is 5.26 Å². The van der Waals surface area contributed by atoms with Crippen LogP contribution < -0.4 is 5.32 Å². The summed E-state index contributed by atoms with van der Waals surface area (Å²) in [4.78, 5) is 2.55. The quantitative estimate of drug-likeness (QED) is 0.826. The van der Waals surface area contributed by atoms with Crippen LogP contribution >= 0.6 is 0 Å². The van der Waals surface area contributed by atoms with Crippen molar-refractivity contribution in [1.82, 2.24) is 10.2 Å². The fourth-order valence-corrected chi connectivity index (χ4v) is 3.47. The predicted octanol–water partition coefficient (Wildman–Crippen LogP) is 1.52. The third kappa shape index (κ3) is 2.54. The van der Waals surface area contributed by atoms with Gasteiger partial charge >= 0.3 is 0 Å². The zero-order valence-corrected chi connectivity index (χ0v) is 11.8. The standard InChI is InChI=1S/C14H25N3O/c1-4-16-14(10-15)6-5-12(9-14)17-7-8-18-11-13(17,2)3/h12,16H,4-9,11H2,1-3H3. The lowest BCUT2D eigenvalue weighted by Crippen LogP contribution is -2.57. The van der Waals surface area contributed by atoms with Crippen LogP contribution in [0.3, 0.4) is 0 Å². The van der Waals surface area contributed by atoms with Crippen LogP contribution in [0.1, 0.15) is 40.0 Å². The van der Waals surface area contributed by atoms with Gasteiger partial charge in [0.05, 0.1) is 19.3 Å². The molecule has 102 valence electrons. The monoisotopic (exact) mass is 251 g/mol. The lowest BCUT2D eigenvalue weighted by molar-refractivity contribution is -0.0713. The summed E-state index contributed by atoms with van der Waals surface area (Å²) in [6.45, 7) is 10.0. The van der Waals surface area contributed by atoms with Gasteiger partial charge in [-0.1, -0.05) is 6.92 Å². The molecule has 2 unspecified atom stereocenters. The molecule has 0 aromatic carbocycles. The van der Waals surface area contributed by atoms with Crippen molar-refractivity contribution >= 4 is 0 Å². The molecule has 18 heavy (non-hydrogen) atoms. The normalized spacial score (nSPS) is 36.4. The fourth-order valence-electron chi connectivity index (χ4n) is 3.47. The third-order valence-electron chi connectivity index (χ3n) is 4.37. The van der Waals surface area contributed by atoms with Crippen LogP contribution in [-0.4, -0.2) is 48.3 Å². The van der Waals surface area contributed by atoms with Gasteiger partial charge in [-0.05, 0) is 39.7 Å². The molecule has 1 aliphatic carbocycles. The van der Waals surface area contributed by atoms with Crippen LogP contribution in [0, 0.1) is 11.3 Å². The van der Waals surface area contributed by atoms with Crippen LogP contribution in [0.5, 0.6) is 0 Å². The highest BCUT2D eigenvalue weighted by Gasteiger charge is 2.45. The Balaban J connectivity index is 2.06. The SMILES string of the molecule is CCNC1(C#N)CCC(N2CCOCC2(C)C)C1. The Morgan fingerprint density at radius 3 is 2.89 bits per heavy atom. The lowest BCUT2D eigenvalue weighted by Gasteiger charge is -2.46. The Morgan fingerprint density at radius 2 is 2.28 bits per heavy atom. The molecule has 1 aliphatic heterocycles. The van der Waals surface area contributed by atoms with Gasteiger partial charge < -0.3 is 4.74 Å². The Bertz CT molecular complexity index is 336. The molecule has 2 fully saturated rings. The van der Waals surface area contributed by atoms with Crippen LogP contribution in [-0.2, 0) is 4.74 Å². The number of nitriles is 1. The van der Waals surface area contributed by atoms with Gasteiger partial charge in [-0.15, -0.1) is 0 Å². The first-order valence-corrected chi connectivity index (χ1v) is 7.04. The van der Waals surface area contributed by atoms with E-state index in [1.165, 1.54) is 0 Å². The van der Waals surface area contributed by atoms with Gasteiger partial charge in [-0.25, -0.2) is 0 Å². The van der Waals surface area contributed by atoms with E-state index in [0.717, 1.165) is 45.6 Å². The summed E-state index contributed by atoms with van der Waals surface area (Å²) in [7, 11) is 0. The van der Waals surface area contributed by atoms with Gasteiger partial charge in [-0.2, -0.15) is 5.26 Å². The number of ether oxygens (including phenoxy) is 1. The van der Waals surface area contributed by atoms with E-state index in [1.54, 1.807) is 0 Å². The highest BCUT2D eigenvalue weighted by Crippen LogP contribution is 2.36. The van der Waals surface area contributed by atoms with Gasteiger partial charge in [0.15, 0.2) is 0 Å².